The van der Waals surface area contributed by atoms with Crippen molar-refractivity contribution in [2.24, 2.45) is 0 Å². The number of hydrogen-bond donors (Lipinski definition) is 1. The SMILES string of the molecule is C[C@H](NC(=O)Cn1ccc2cnccc2c1=O)c1ccc(OC(F)(F)F)cc1. The van der Waals surface area contributed by atoms with Crippen LogP contribution in [0.3, 0.4) is 0 Å². The Hall–Kier alpha value is -3.36. The Morgan fingerprint density at radius 3 is 2.61 bits per heavy atom. The monoisotopic (exact) mass is 391 g/mol. The van der Waals surface area contributed by atoms with Crippen LogP contribution in [0.25, 0.3) is 10.8 Å². The molecule has 1 N–H and O–H groups in total. The molecular formula is C19H16F3N3O3. The summed E-state index contributed by atoms with van der Waals surface area (Å²) in [5.41, 5.74) is 0.288. The quantitative estimate of drug-likeness (QED) is 0.725. The number of fused-ring (bicyclic) bond motifs is 1. The van der Waals surface area contributed by atoms with Crippen molar-refractivity contribution in [2.75, 3.05) is 0 Å². The Kier molecular flexibility index (Phi) is 5.34. The van der Waals surface area contributed by atoms with E-state index in [1.54, 1.807) is 25.3 Å². The average molecular weight is 391 g/mol. The van der Waals surface area contributed by atoms with E-state index in [4.69, 9.17) is 0 Å². The molecule has 0 saturated heterocycles. The van der Waals surface area contributed by atoms with Crippen LogP contribution in [0.15, 0.2) is 59.8 Å². The molecule has 2 heterocycles. The van der Waals surface area contributed by atoms with Crippen molar-refractivity contribution < 1.29 is 22.7 Å². The number of rotatable bonds is 5. The number of benzene rings is 1. The molecule has 0 bridgehead atoms. The first kappa shape index (κ1) is 19.4. The number of alkyl halides is 3. The number of aromatic nitrogens is 2. The Labute approximate surface area is 157 Å². The number of ether oxygens (including phenoxy) is 1. The molecule has 3 rings (SSSR count). The van der Waals surface area contributed by atoms with Crippen LogP contribution in [0.1, 0.15) is 18.5 Å². The highest BCUT2D eigenvalue weighted by Crippen LogP contribution is 2.24. The summed E-state index contributed by atoms with van der Waals surface area (Å²) in [5.74, 6) is -0.745. The van der Waals surface area contributed by atoms with Crippen molar-refractivity contribution in [3.8, 4) is 5.75 Å². The number of carbonyl (C=O) groups is 1. The minimum Gasteiger partial charge on any atom is -0.406 e. The largest absolute Gasteiger partial charge is 0.573 e. The summed E-state index contributed by atoms with van der Waals surface area (Å²) in [4.78, 5) is 28.6. The van der Waals surface area contributed by atoms with E-state index in [9.17, 15) is 22.8 Å². The Balaban J connectivity index is 1.66. The topological polar surface area (TPSA) is 73.2 Å². The molecule has 1 aromatic carbocycles. The fourth-order valence-corrected chi connectivity index (χ4v) is 2.73. The van der Waals surface area contributed by atoms with Crippen molar-refractivity contribution in [3.63, 3.8) is 0 Å². The van der Waals surface area contributed by atoms with Crippen LogP contribution in [0.2, 0.25) is 0 Å². The van der Waals surface area contributed by atoms with Crippen LogP contribution in [-0.4, -0.2) is 21.8 Å². The van der Waals surface area contributed by atoms with Gasteiger partial charge in [-0.3, -0.25) is 14.6 Å². The van der Waals surface area contributed by atoms with Gasteiger partial charge in [0.15, 0.2) is 0 Å². The summed E-state index contributed by atoms with van der Waals surface area (Å²) >= 11 is 0. The zero-order chi connectivity index (χ0) is 20.3. The van der Waals surface area contributed by atoms with E-state index in [1.165, 1.54) is 41.2 Å². The minimum atomic E-state index is -4.76. The van der Waals surface area contributed by atoms with E-state index >= 15 is 0 Å². The first-order valence-electron chi connectivity index (χ1n) is 8.31. The first-order chi connectivity index (χ1) is 13.2. The fraction of sp³-hybridized carbons (Fsp3) is 0.211. The molecule has 0 aliphatic rings. The van der Waals surface area contributed by atoms with Crippen LogP contribution < -0.4 is 15.6 Å². The lowest BCUT2D eigenvalue weighted by atomic mass is 10.1. The van der Waals surface area contributed by atoms with E-state index in [-0.39, 0.29) is 17.9 Å². The second-order valence-electron chi connectivity index (χ2n) is 6.12. The van der Waals surface area contributed by atoms with Gasteiger partial charge in [0.05, 0.1) is 11.4 Å². The number of nitrogens with zero attached hydrogens (tertiary/aromatic N) is 2. The third-order valence-electron chi connectivity index (χ3n) is 4.08. The maximum Gasteiger partial charge on any atom is 0.573 e. The second-order valence-corrected chi connectivity index (χ2v) is 6.12. The van der Waals surface area contributed by atoms with Crippen LogP contribution >= 0.6 is 0 Å². The van der Waals surface area contributed by atoms with Crippen molar-refractivity contribution in [3.05, 3.63) is 70.9 Å². The zero-order valence-electron chi connectivity index (χ0n) is 14.7. The standard InChI is InChI=1S/C19H16F3N3O3/c1-12(13-2-4-15(5-3-13)28-19(20,21)22)24-17(26)11-25-9-7-14-10-23-8-6-16(14)18(25)27/h2-10,12H,11H2,1H3,(H,24,26)/t12-/m0/s1. The van der Waals surface area contributed by atoms with Gasteiger partial charge in [0, 0.05) is 24.0 Å². The third kappa shape index (κ3) is 4.67. The summed E-state index contributed by atoms with van der Waals surface area (Å²) in [5, 5.41) is 3.85. The van der Waals surface area contributed by atoms with Gasteiger partial charge in [-0.05, 0) is 36.8 Å². The lowest BCUT2D eigenvalue weighted by molar-refractivity contribution is -0.274. The summed E-state index contributed by atoms with van der Waals surface area (Å²) in [6.07, 6.45) is -0.178. The van der Waals surface area contributed by atoms with Gasteiger partial charge in [-0.2, -0.15) is 0 Å². The molecule has 0 aliphatic heterocycles. The smallest absolute Gasteiger partial charge is 0.406 e. The average Bonchev–Trinajstić information content (AvgIpc) is 2.63. The van der Waals surface area contributed by atoms with Gasteiger partial charge in [0.25, 0.3) is 5.56 Å². The number of pyridine rings is 2. The summed E-state index contributed by atoms with van der Waals surface area (Å²) in [6, 6.07) is 8.02. The van der Waals surface area contributed by atoms with Crippen molar-refractivity contribution in [1.29, 1.82) is 0 Å². The van der Waals surface area contributed by atoms with Gasteiger partial charge < -0.3 is 14.6 Å². The number of hydrogen-bond acceptors (Lipinski definition) is 4. The maximum absolute atomic E-state index is 12.4. The lowest BCUT2D eigenvalue weighted by Gasteiger charge is -2.16. The number of carbonyl (C=O) groups excluding carboxylic acids is 1. The summed E-state index contributed by atoms with van der Waals surface area (Å²) in [7, 11) is 0. The number of amides is 1. The minimum absolute atomic E-state index is 0.184. The molecule has 3 aromatic rings. The van der Waals surface area contributed by atoms with Gasteiger partial charge in [-0.15, -0.1) is 13.2 Å². The molecule has 0 spiro atoms. The lowest BCUT2D eigenvalue weighted by Crippen LogP contribution is -2.33. The van der Waals surface area contributed by atoms with Gasteiger partial charge >= 0.3 is 6.36 Å². The van der Waals surface area contributed by atoms with Crippen LogP contribution in [0.4, 0.5) is 13.2 Å². The molecule has 1 atom stereocenters. The first-order valence-corrected chi connectivity index (χ1v) is 8.31. The summed E-state index contributed by atoms with van der Waals surface area (Å²) in [6.45, 7) is 1.50. The molecule has 28 heavy (non-hydrogen) atoms. The van der Waals surface area contributed by atoms with Gasteiger partial charge in [-0.25, -0.2) is 0 Å². The zero-order valence-corrected chi connectivity index (χ0v) is 14.7. The Morgan fingerprint density at radius 2 is 1.93 bits per heavy atom. The predicted molar refractivity (Wildman–Crippen MR) is 95.7 cm³/mol. The van der Waals surface area contributed by atoms with Crippen LogP contribution in [0.5, 0.6) is 5.75 Å². The molecule has 0 fully saturated rings. The van der Waals surface area contributed by atoms with Crippen molar-refractivity contribution in [2.45, 2.75) is 25.9 Å². The van der Waals surface area contributed by atoms with E-state index in [1.807, 2.05) is 0 Å². The second kappa shape index (κ2) is 7.71. The Morgan fingerprint density at radius 1 is 1.21 bits per heavy atom. The fourth-order valence-electron chi connectivity index (χ4n) is 2.73. The highest BCUT2D eigenvalue weighted by atomic mass is 19.4. The van der Waals surface area contributed by atoms with Crippen LogP contribution in [0, 0.1) is 0 Å². The molecular weight excluding hydrogens is 375 g/mol. The molecule has 0 radical (unpaired) electrons. The maximum atomic E-state index is 12.4. The molecule has 6 nitrogen and oxygen atoms in total. The third-order valence-corrected chi connectivity index (χ3v) is 4.08. The molecule has 146 valence electrons. The normalized spacial score (nSPS) is 12.6. The molecule has 0 saturated carbocycles. The highest BCUT2D eigenvalue weighted by Gasteiger charge is 2.31. The summed E-state index contributed by atoms with van der Waals surface area (Å²) < 4.78 is 41.7. The molecule has 9 heteroatoms. The van der Waals surface area contributed by atoms with Gasteiger partial charge in [0.1, 0.15) is 12.3 Å². The number of nitrogens with one attached hydrogen (secondary N) is 1. The van der Waals surface area contributed by atoms with Gasteiger partial charge in [0.2, 0.25) is 5.91 Å². The van der Waals surface area contributed by atoms with Crippen molar-refractivity contribution >= 4 is 16.7 Å². The van der Waals surface area contributed by atoms with Crippen LogP contribution in [-0.2, 0) is 11.3 Å². The molecule has 0 unspecified atom stereocenters. The molecule has 2 aromatic heterocycles. The van der Waals surface area contributed by atoms with Gasteiger partial charge in [-0.1, -0.05) is 12.1 Å². The van der Waals surface area contributed by atoms with E-state index in [0.29, 0.717) is 16.3 Å². The number of halogens is 3. The van der Waals surface area contributed by atoms with E-state index in [0.717, 1.165) is 0 Å². The predicted octanol–water partition coefficient (Wildman–Crippen LogP) is 3.17. The molecule has 0 aliphatic carbocycles. The Bertz CT molecular complexity index is 1050. The van der Waals surface area contributed by atoms with E-state index in [2.05, 4.69) is 15.0 Å². The molecule has 1 amide bonds. The van der Waals surface area contributed by atoms with E-state index < -0.39 is 18.3 Å². The highest BCUT2D eigenvalue weighted by molar-refractivity contribution is 5.81. The van der Waals surface area contributed by atoms with Crippen molar-refractivity contribution in [1.82, 2.24) is 14.9 Å².